The van der Waals surface area contributed by atoms with Crippen LogP contribution in [0.1, 0.15) is 5.56 Å². The van der Waals surface area contributed by atoms with Crippen LogP contribution in [0.2, 0.25) is 0 Å². The van der Waals surface area contributed by atoms with E-state index in [1.807, 2.05) is 0 Å². The molecule has 0 radical (unpaired) electrons. The SMILES string of the molecule is NCCc1cc(O)c(N2CC(=O)NS2(=O)=O)c(F)c1. The molecule has 0 unspecified atom stereocenters. The maximum atomic E-state index is 13.9. The third-order valence-electron chi connectivity index (χ3n) is 2.61. The number of carbonyl (C=O) groups is 1. The van der Waals surface area contributed by atoms with Crippen LogP contribution in [-0.2, 0) is 21.4 Å². The molecule has 1 saturated heterocycles. The van der Waals surface area contributed by atoms with Crippen molar-refractivity contribution in [3.05, 3.63) is 23.5 Å². The zero-order chi connectivity index (χ0) is 14.2. The van der Waals surface area contributed by atoms with Gasteiger partial charge < -0.3 is 10.8 Å². The van der Waals surface area contributed by atoms with Crippen LogP contribution in [0.5, 0.6) is 5.75 Å². The summed E-state index contributed by atoms with van der Waals surface area (Å²) in [6.45, 7) is -0.302. The summed E-state index contributed by atoms with van der Waals surface area (Å²) in [5, 5.41) is 9.75. The molecule has 0 aliphatic carbocycles. The second-order valence-electron chi connectivity index (χ2n) is 4.02. The van der Waals surface area contributed by atoms with Crippen LogP contribution in [0.25, 0.3) is 0 Å². The number of hydrogen-bond donors (Lipinski definition) is 3. The molecule has 1 heterocycles. The first-order valence-corrected chi connectivity index (χ1v) is 6.84. The fraction of sp³-hybridized carbons (Fsp3) is 0.300. The molecule has 104 valence electrons. The number of halogens is 1. The van der Waals surface area contributed by atoms with E-state index in [2.05, 4.69) is 0 Å². The van der Waals surface area contributed by atoms with Gasteiger partial charge >= 0.3 is 10.2 Å². The van der Waals surface area contributed by atoms with Crippen molar-refractivity contribution in [2.45, 2.75) is 6.42 Å². The molecule has 1 fully saturated rings. The van der Waals surface area contributed by atoms with E-state index in [0.29, 0.717) is 16.3 Å². The first kappa shape index (κ1) is 13.6. The Morgan fingerprint density at radius 3 is 2.63 bits per heavy atom. The van der Waals surface area contributed by atoms with Crippen molar-refractivity contribution in [3.63, 3.8) is 0 Å². The Bertz CT molecular complexity index is 609. The predicted octanol–water partition coefficient (Wildman–Crippen LogP) is -0.787. The Balaban J connectivity index is 2.49. The second kappa shape index (κ2) is 4.67. The molecule has 7 nitrogen and oxygen atoms in total. The number of phenolic OH excluding ortho intramolecular Hbond substituents is 1. The van der Waals surface area contributed by atoms with E-state index in [1.54, 1.807) is 4.72 Å². The lowest BCUT2D eigenvalue weighted by Gasteiger charge is -2.17. The number of hydrogen-bond acceptors (Lipinski definition) is 5. The molecule has 9 heteroatoms. The average molecular weight is 289 g/mol. The smallest absolute Gasteiger partial charge is 0.326 e. The van der Waals surface area contributed by atoms with Gasteiger partial charge in [0.1, 0.15) is 18.0 Å². The largest absolute Gasteiger partial charge is 0.506 e. The first-order chi connectivity index (χ1) is 8.85. The van der Waals surface area contributed by atoms with Crippen molar-refractivity contribution in [3.8, 4) is 5.75 Å². The molecule has 2 rings (SSSR count). The van der Waals surface area contributed by atoms with Gasteiger partial charge in [-0.2, -0.15) is 8.42 Å². The highest BCUT2D eigenvalue weighted by Gasteiger charge is 2.37. The predicted molar refractivity (Wildman–Crippen MR) is 65.2 cm³/mol. The number of rotatable bonds is 3. The van der Waals surface area contributed by atoms with Crippen molar-refractivity contribution in [1.82, 2.24) is 4.72 Å². The number of carbonyl (C=O) groups excluding carboxylic acids is 1. The van der Waals surface area contributed by atoms with Gasteiger partial charge in [0.05, 0.1) is 0 Å². The maximum absolute atomic E-state index is 13.9. The van der Waals surface area contributed by atoms with E-state index in [9.17, 15) is 22.7 Å². The Morgan fingerprint density at radius 1 is 1.47 bits per heavy atom. The molecular weight excluding hydrogens is 277 g/mol. The highest BCUT2D eigenvalue weighted by molar-refractivity contribution is 7.92. The third-order valence-corrected chi connectivity index (χ3v) is 3.98. The van der Waals surface area contributed by atoms with E-state index < -0.39 is 39.9 Å². The molecule has 0 aromatic heterocycles. The summed E-state index contributed by atoms with van der Waals surface area (Å²) in [6.07, 6.45) is 0.342. The van der Waals surface area contributed by atoms with E-state index in [-0.39, 0.29) is 6.54 Å². The first-order valence-electron chi connectivity index (χ1n) is 5.40. The molecule has 1 aliphatic heterocycles. The minimum atomic E-state index is -4.15. The summed E-state index contributed by atoms with van der Waals surface area (Å²) >= 11 is 0. The zero-order valence-corrected chi connectivity index (χ0v) is 10.6. The minimum absolute atomic E-state index is 0.264. The molecule has 0 spiro atoms. The van der Waals surface area contributed by atoms with Crippen molar-refractivity contribution in [2.24, 2.45) is 5.73 Å². The van der Waals surface area contributed by atoms with E-state index in [4.69, 9.17) is 5.73 Å². The van der Waals surface area contributed by atoms with Crippen LogP contribution < -0.4 is 14.8 Å². The number of anilines is 1. The molecule has 1 aliphatic rings. The van der Waals surface area contributed by atoms with E-state index in [1.165, 1.54) is 6.07 Å². The van der Waals surface area contributed by atoms with Gasteiger partial charge in [0.25, 0.3) is 5.91 Å². The van der Waals surface area contributed by atoms with Crippen molar-refractivity contribution < 1.29 is 22.7 Å². The van der Waals surface area contributed by atoms with Crippen LogP contribution in [0.3, 0.4) is 0 Å². The number of benzene rings is 1. The van der Waals surface area contributed by atoms with E-state index in [0.717, 1.165) is 6.07 Å². The molecule has 1 aromatic carbocycles. The molecule has 0 atom stereocenters. The number of phenols is 1. The summed E-state index contributed by atoms with van der Waals surface area (Å²) < 4.78 is 39.3. The number of nitrogens with two attached hydrogens (primary N) is 1. The fourth-order valence-electron chi connectivity index (χ4n) is 1.84. The third kappa shape index (κ3) is 2.47. The second-order valence-corrected chi connectivity index (χ2v) is 5.62. The standard InChI is InChI=1S/C10H12FN3O4S/c11-7-3-6(1-2-12)4-8(15)10(7)14-5-9(16)13-19(14,17)18/h3-4,15H,1-2,5,12H2,(H,13,16). The Kier molecular flexibility index (Phi) is 3.33. The van der Waals surface area contributed by atoms with E-state index >= 15 is 0 Å². The summed E-state index contributed by atoms with van der Waals surface area (Å²) in [6, 6.07) is 2.31. The normalized spacial score (nSPS) is 17.6. The van der Waals surface area contributed by atoms with Gasteiger partial charge in [-0.1, -0.05) is 0 Å². The Labute approximate surface area is 109 Å². The van der Waals surface area contributed by atoms with Crippen molar-refractivity contribution in [1.29, 1.82) is 0 Å². The lowest BCUT2D eigenvalue weighted by molar-refractivity contribution is -0.117. The van der Waals surface area contributed by atoms with Gasteiger partial charge in [0.2, 0.25) is 0 Å². The van der Waals surface area contributed by atoms with Crippen molar-refractivity contribution >= 4 is 21.8 Å². The Hall–Kier alpha value is -1.87. The minimum Gasteiger partial charge on any atom is -0.506 e. The molecule has 4 N–H and O–H groups in total. The van der Waals surface area contributed by atoms with Crippen molar-refractivity contribution in [2.75, 3.05) is 17.4 Å². The summed E-state index contributed by atoms with van der Waals surface area (Å²) in [5.74, 6) is -2.27. The van der Waals surface area contributed by atoms with Crippen LogP contribution in [-0.4, -0.2) is 32.5 Å². The van der Waals surface area contributed by atoms with Crippen LogP contribution >= 0.6 is 0 Å². The van der Waals surface area contributed by atoms with Gasteiger partial charge in [0, 0.05) is 0 Å². The monoisotopic (exact) mass is 289 g/mol. The molecule has 0 bridgehead atoms. The maximum Gasteiger partial charge on any atom is 0.326 e. The van der Waals surface area contributed by atoms with Gasteiger partial charge in [-0.3, -0.25) is 4.79 Å². The molecule has 1 amide bonds. The van der Waals surface area contributed by atoms with Crippen LogP contribution in [0.15, 0.2) is 12.1 Å². The summed E-state index contributed by atoms with van der Waals surface area (Å²) in [5.41, 5.74) is 5.22. The van der Waals surface area contributed by atoms with Crippen LogP contribution in [0.4, 0.5) is 10.1 Å². The topological polar surface area (TPSA) is 113 Å². The van der Waals surface area contributed by atoms with Crippen LogP contribution in [0, 0.1) is 5.82 Å². The molecule has 0 saturated carbocycles. The molecule has 19 heavy (non-hydrogen) atoms. The number of amides is 1. The zero-order valence-electron chi connectivity index (χ0n) is 9.76. The number of nitrogens with one attached hydrogen (secondary N) is 1. The lowest BCUT2D eigenvalue weighted by Crippen LogP contribution is -2.30. The van der Waals surface area contributed by atoms with Gasteiger partial charge in [-0.15, -0.1) is 0 Å². The summed E-state index contributed by atoms with van der Waals surface area (Å²) in [7, 11) is -4.15. The lowest BCUT2D eigenvalue weighted by atomic mass is 10.1. The van der Waals surface area contributed by atoms with Gasteiger partial charge in [-0.05, 0) is 30.7 Å². The van der Waals surface area contributed by atoms with Gasteiger partial charge in [-0.25, -0.2) is 13.4 Å². The Morgan fingerprint density at radius 2 is 2.16 bits per heavy atom. The van der Waals surface area contributed by atoms with Gasteiger partial charge in [0.15, 0.2) is 5.82 Å². The average Bonchev–Trinajstić information content (AvgIpc) is 2.51. The number of aromatic hydroxyl groups is 1. The quantitative estimate of drug-likeness (QED) is 0.675. The number of nitrogens with zero attached hydrogens (tertiary/aromatic N) is 1. The molecular formula is C10H12FN3O4S. The highest BCUT2D eigenvalue weighted by Crippen LogP contribution is 2.34. The highest BCUT2D eigenvalue weighted by atomic mass is 32.2. The molecule has 1 aromatic rings. The fourth-order valence-corrected chi connectivity index (χ4v) is 3.01. The summed E-state index contributed by atoms with van der Waals surface area (Å²) in [4.78, 5) is 11.1.